The molecule has 7 rings (SSSR count). The van der Waals surface area contributed by atoms with Crippen LogP contribution in [0.5, 0.6) is 34.5 Å². The lowest BCUT2D eigenvalue weighted by molar-refractivity contribution is 0.0737. The third-order valence-corrected chi connectivity index (χ3v) is 15.9. The van der Waals surface area contributed by atoms with E-state index in [0.29, 0.717) is 67.5 Å². The molecule has 0 saturated heterocycles. The number of hydrogen-bond donors (Lipinski definition) is 3. The molecule has 0 amide bonds. The maximum absolute atomic E-state index is 14.6. The van der Waals surface area contributed by atoms with Gasteiger partial charge in [-0.05, 0) is 79.9 Å². The zero-order valence-corrected chi connectivity index (χ0v) is 54.3. The van der Waals surface area contributed by atoms with Crippen molar-refractivity contribution >= 4 is 17.3 Å². The summed E-state index contributed by atoms with van der Waals surface area (Å²) < 4.78 is 38.2. The third-order valence-electron chi connectivity index (χ3n) is 15.9. The van der Waals surface area contributed by atoms with E-state index in [1.165, 1.54) is 32.1 Å². The lowest BCUT2D eigenvalue weighted by Crippen LogP contribution is -2.57. The Morgan fingerprint density at radius 2 is 0.634 bits per heavy atom. The summed E-state index contributed by atoms with van der Waals surface area (Å²) >= 11 is 0. The number of ketones is 3. The van der Waals surface area contributed by atoms with Crippen LogP contribution < -0.4 is 45.5 Å². The largest absolute Gasteiger partial charge is 0.494 e. The molecule has 6 aromatic carbocycles. The van der Waals surface area contributed by atoms with Gasteiger partial charge in [0.05, 0.1) is 56.1 Å². The summed E-state index contributed by atoms with van der Waals surface area (Å²) in [7, 11) is 0. The molecule has 0 aliphatic rings. The van der Waals surface area contributed by atoms with Gasteiger partial charge in [0.1, 0.15) is 72.6 Å². The second-order valence-electron chi connectivity index (χ2n) is 23.5. The fourth-order valence-electron chi connectivity index (χ4n) is 10.6. The highest BCUT2D eigenvalue weighted by Crippen LogP contribution is 2.30. The summed E-state index contributed by atoms with van der Waals surface area (Å²) in [5, 5.41) is 35.0. The van der Waals surface area contributed by atoms with Gasteiger partial charge in [0, 0.05) is 28.8 Å². The number of aromatic nitrogens is 3. The van der Waals surface area contributed by atoms with Crippen molar-refractivity contribution in [3.8, 4) is 34.5 Å². The Kier molecular flexibility index (Phi) is 30.2. The van der Waals surface area contributed by atoms with Gasteiger partial charge in [-0.3, -0.25) is 14.4 Å². The van der Waals surface area contributed by atoms with E-state index < -0.39 is 74.8 Å². The molecule has 0 bridgehead atoms. The number of carbonyl (C=O) groups excluding carboxylic acids is 3. The Morgan fingerprint density at radius 1 is 0.333 bits per heavy atom. The number of benzene rings is 6. The van der Waals surface area contributed by atoms with Crippen molar-refractivity contribution in [2.24, 2.45) is 0 Å². The maximum Gasteiger partial charge on any atom is 0.336 e. The van der Waals surface area contributed by atoms with Gasteiger partial charge >= 0.3 is 17.1 Å². The van der Waals surface area contributed by atoms with Crippen LogP contribution in [0.1, 0.15) is 184 Å². The second kappa shape index (κ2) is 39.1. The molecule has 3 unspecified atom stereocenters. The van der Waals surface area contributed by atoms with Gasteiger partial charge in [0.25, 0.3) is 0 Å². The van der Waals surface area contributed by atoms with Crippen molar-refractivity contribution in [1.29, 1.82) is 0 Å². The summed E-state index contributed by atoms with van der Waals surface area (Å²) in [4.78, 5) is 85.4. The first-order chi connectivity index (χ1) is 45.3. The molecule has 498 valence electrons. The number of hydrogen-bond acceptors (Lipinski definition) is 15. The lowest BCUT2D eigenvalue weighted by Gasteiger charge is -2.21. The highest BCUT2D eigenvalue weighted by atomic mass is 16.5. The first-order valence-electron chi connectivity index (χ1n) is 33.3. The molecule has 7 aromatic rings. The van der Waals surface area contributed by atoms with Gasteiger partial charge < -0.3 is 43.7 Å². The molecular weight excluding hydrogens is 1180 g/mol. The minimum atomic E-state index is -1.64. The quantitative estimate of drug-likeness (QED) is 0.0238. The normalized spacial score (nSPS) is 12.2. The average molecular weight is 1280 g/mol. The smallest absolute Gasteiger partial charge is 0.336 e. The molecule has 0 radical (unpaired) electrons. The number of carbonyl (C=O) groups is 3. The van der Waals surface area contributed by atoms with E-state index in [9.17, 15) is 44.1 Å². The van der Waals surface area contributed by atoms with Gasteiger partial charge in [-0.15, -0.1) is 0 Å². The molecule has 3 N–H and O–H groups in total. The van der Waals surface area contributed by atoms with Crippen molar-refractivity contribution in [3.63, 3.8) is 0 Å². The summed E-state index contributed by atoms with van der Waals surface area (Å²) in [6.45, 7) is 3.98. The van der Waals surface area contributed by atoms with Gasteiger partial charge in [-0.25, -0.2) is 28.1 Å². The highest BCUT2D eigenvalue weighted by Gasteiger charge is 2.25. The summed E-state index contributed by atoms with van der Waals surface area (Å²) in [5.74, 6) is 0.605. The highest BCUT2D eigenvalue weighted by molar-refractivity contribution is 6.12. The standard InChI is InChI=1S/C75H93N3O15/c1-4-7-10-13-16-27-44-88-61-38-36-57(37-39-61)72(84)64-34-25-26-35-67(64)91-52-58(79)49-76-73(85)77(50-59(80)53-92-68-47-62(89-45-28-17-14-11-8-5-2)40-42-65(68)70(82)55-30-21-19-22-31-55)75(87)78(74(76)86)51-60(81)54-93-69-48-63(90-46-29-18-15-12-9-6-3)41-43-66(69)71(83)56-32-23-20-24-33-56/h19-26,30-43,47-48,58-60,79-81H,4-18,27-29,44-46,49-54H2,1-3H3. The van der Waals surface area contributed by atoms with E-state index in [4.69, 9.17) is 28.4 Å². The van der Waals surface area contributed by atoms with Crippen LogP contribution in [0, 0.1) is 0 Å². The summed E-state index contributed by atoms with van der Waals surface area (Å²) in [5.41, 5.74) is -2.03. The van der Waals surface area contributed by atoms with Crippen LogP contribution in [0.4, 0.5) is 0 Å². The minimum absolute atomic E-state index is 0.0673. The Labute approximate surface area is 545 Å². The van der Waals surface area contributed by atoms with E-state index >= 15 is 0 Å². The van der Waals surface area contributed by atoms with Gasteiger partial charge in [-0.2, -0.15) is 0 Å². The molecule has 18 heteroatoms. The van der Waals surface area contributed by atoms with Crippen LogP contribution in [0.2, 0.25) is 0 Å². The van der Waals surface area contributed by atoms with Gasteiger partial charge in [-0.1, -0.05) is 190 Å². The van der Waals surface area contributed by atoms with E-state index in [-0.39, 0.29) is 51.3 Å². The van der Waals surface area contributed by atoms with E-state index in [1.807, 2.05) is 0 Å². The number of unbranched alkanes of at least 4 members (excludes halogenated alkanes) is 15. The fraction of sp³-hybridized carbons (Fsp3) is 0.440. The number of rotatable bonds is 45. The SMILES string of the molecule is CCCCCCCCOc1ccc(C(=O)c2ccccc2OCC(O)Cn2c(=O)n(CC(O)COc3cc(OCCCCCCCC)ccc3C(=O)c3ccccc3)c(=O)n(CC(O)COc3cc(OCCCCCCCC)ccc3C(=O)c3ccccc3)c2=O)cc1. The molecule has 0 aliphatic heterocycles. The molecule has 1 aromatic heterocycles. The zero-order valence-electron chi connectivity index (χ0n) is 54.3. The Bertz CT molecular complexity index is 3430. The summed E-state index contributed by atoms with van der Waals surface area (Å²) in [6, 6.07) is 39.9. The Balaban J connectivity index is 1.12. The zero-order chi connectivity index (χ0) is 66.2. The minimum Gasteiger partial charge on any atom is -0.494 e. The predicted molar refractivity (Wildman–Crippen MR) is 359 cm³/mol. The number of ether oxygens (including phenoxy) is 6. The molecule has 3 atom stereocenters. The lowest BCUT2D eigenvalue weighted by atomic mass is 10.0. The Morgan fingerprint density at radius 3 is 1.02 bits per heavy atom. The van der Waals surface area contributed by atoms with Gasteiger partial charge in [0.2, 0.25) is 0 Å². The van der Waals surface area contributed by atoms with Crippen LogP contribution in [-0.2, 0) is 19.6 Å². The predicted octanol–water partition coefficient (Wildman–Crippen LogP) is 12.4. The first kappa shape index (κ1) is 71.9. The van der Waals surface area contributed by atoms with Crippen molar-refractivity contribution in [2.45, 2.75) is 174 Å². The second-order valence-corrected chi connectivity index (χ2v) is 23.5. The molecule has 93 heavy (non-hydrogen) atoms. The van der Waals surface area contributed by atoms with Gasteiger partial charge in [0.15, 0.2) is 17.3 Å². The molecule has 18 nitrogen and oxygen atoms in total. The van der Waals surface area contributed by atoms with Crippen LogP contribution >= 0.6 is 0 Å². The van der Waals surface area contributed by atoms with E-state index in [0.717, 1.165) is 83.5 Å². The monoisotopic (exact) mass is 1280 g/mol. The molecular formula is C75H93N3O15. The van der Waals surface area contributed by atoms with Crippen LogP contribution in [0.25, 0.3) is 0 Å². The van der Waals surface area contributed by atoms with E-state index in [1.54, 1.807) is 146 Å². The number of nitrogens with zero attached hydrogens (tertiary/aromatic N) is 3. The summed E-state index contributed by atoms with van der Waals surface area (Å²) in [6.07, 6.45) is 14.5. The maximum atomic E-state index is 14.6. The average Bonchev–Trinajstić information content (AvgIpc) is 1.02. The first-order valence-corrected chi connectivity index (χ1v) is 33.3. The fourth-order valence-corrected chi connectivity index (χ4v) is 10.6. The molecule has 0 saturated carbocycles. The molecule has 1 heterocycles. The van der Waals surface area contributed by atoms with Crippen molar-refractivity contribution < 1.29 is 58.1 Å². The number of aliphatic hydroxyl groups is 3. The van der Waals surface area contributed by atoms with Crippen molar-refractivity contribution in [2.75, 3.05) is 39.6 Å². The molecule has 0 aliphatic carbocycles. The molecule has 0 spiro atoms. The number of aliphatic hydroxyl groups excluding tert-OH is 3. The Hall–Kier alpha value is -8.58. The van der Waals surface area contributed by atoms with Crippen LogP contribution in [0.15, 0.2) is 160 Å². The van der Waals surface area contributed by atoms with Crippen molar-refractivity contribution in [1.82, 2.24) is 13.7 Å². The third kappa shape index (κ3) is 22.6. The topological polar surface area (TPSA) is 233 Å². The van der Waals surface area contributed by atoms with E-state index in [2.05, 4.69) is 20.8 Å². The van der Waals surface area contributed by atoms with Crippen molar-refractivity contribution in [3.05, 3.63) is 210 Å². The van der Waals surface area contributed by atoms with Crippen LogP contribution in [-0.4, -0.2) is 104 Å². The van der Waals surface area contributed by atoms with Crippen LogP contribution in [0.3, 0.4) is 0 Å². The number of para-hydroxylation sites is 1. The molecule has 0 fully saturated rings.